The molecule has 0 radical (unpaired) electrons. The van der Waals surface area contributed by atoms with Crippen molar-refractivity contribution in [3.05, 3.63) is 65.0 Å². The lowest BCUT2D eigenvalue weighted by Crippen LogP contribution is -2.06. The molecule has 0 bridgehead atoms. The highest BCUT2D eigenvalue weighted by molar-refractivity contribution is 5.34. The Balaban J connectivity index is 2.48. The maximum atomic E-state index is 13.5. The van der Waals surface area contributed by atoms with Gasteiger partial charge in [0.1, 0.15) is 6.10 Å². The van der Waals surface area contributed by atoms with Gasteiger partial charge in [-0.15, -0.1) is 0 Å². The Hall–Kier alpha value is -1.81. The van der Waals surface area contributed by atoms with Crippen LogP contribution in [0.2, 0.25) is 0 Å². The standard InChI is InChI=1S/C13H11F2NO/c1-8-7-16-6-5-9(8)13(17)10-3-2-4-11(14)12(10)15/h2-7,13,17H,1H3. The van der Waals surface area contributed by atoms with Gasteiger partial charge in [-0.2, -0.15) is 0 Å². The van der Waals surface area contributed by atoms with Gasteiger partial charge in [-0.3, -0.25) is 4.98 Å². The fourth-order valence-corrected chi connectivity index (χ4v) is 1.69. The monoisotopic (exact) mass is 235 g/mol. The molecule has 88 valence electrons. The van der Waals surface area contributed by atoms with Crippen molar-refractivity contribution in [3.63, 3.8) is 0 Å². The van der Waals surface area contributed by atoms with Gasteiger partial charge in [0, 0.05) is 18.0 Å². The van der Waals surface area contributed by atoms with Crippen molar-refractivity contribution < 1.29 is 13.9 Å². The van der Waals surface area contributed by atoms with Gasteiger partial charge in [0.05, 0.1) is 0 Å². The number of aryl methyl sites for hydroxylation is 1. The number of pyridine rings is 1. The molecule has 0 saturated heterocycles. The van der Waals surface area contributed by atoms with Crippen LogP contribution in [0.4, 0.5) is 8.78 Å². The number of hydrogen-bond acceptors (Lipinski definition) is 2. The Morgan fingerprint density at radius 3 is 2.65 bits per heavy atom. The minimum Gasteiger partial charge on any atom is -0.384 e. The fourth-order valence-electron chi connectivity index (χ4n) is 1.69. The van der Waals surface area contributed by atoms with E-state index in [1.165, 1.54) is 18.3 Å². The Bertz CT molecular complexity index is 543. The van der Waals surface area contributed by atoms with Crippen molar-refractivity contribution in [3.8, 4) is 0 Å². The van der Waals surface area contributed by atoms with Crippen LogP contribution in [0.15, 0.2) is 36.7 Å². The second-order valence-corrected chi connectivity index (χ2v) is 3.78. The van der Waals surface area contributed by atoms with E-state index in [0.29, 0.717) is 5.56 Å². The van der Waals surface area contributed by atoms with Gasteiger partial charge in [-0.25, -0.2) is 8.78 Å². The Morgan fingerprint density at radius 1 is 1.18 bits per heavy atom. The molecule has 1 unspecified atom stereocenters. The minimum absolute atomic E-state index is 0.0701. The van der Waals surface area contributed by atoms with Crippen molar-refractivity contribution in [2.45, 2.75) is 13.0 Å². The van der Waals surface area contributed by atoms with Crippen molar-refractivity contribution in [2.24, 2.45) is 0 Å². The molecule has 17 heavy (non-hydrogen) atoms. The second-order valence-electron chi connectivity index (χ2n) is 3.78. The van der Waals surface area contributed by atoms with Gasteiger partial charge >= 0.3 is 0 Å². The summed E-state index contributed by atoms with van der Waals surface area (Å²) in [5.74, 6) is -1.98. The van der Waals surface area contributed by atoms with Crippen molar-refractivity contribution >= 4 is 0 Å². The summed E-state index contributed by atoms with van der Waals surface area (Å²) in [6, 6.07) is 5.34. The van der Waals surface area contributed by atoms with Crippen LogP contribution in [-0.2, 0) is 0 Å². The van der Waals surface area contributed by atoms with E-state index in [0.717, 1.165) is 11.6 Å². The van der Waals surface area contributed by atoms with Crippen LogP contribution in [0.3, 0.4) is 0 Å². The minimum atomic E-state index is -1.19. The highest BCUT2D eigenvalue weighted by Gasteiger charge is 2.18. The Labute approximate surface area is 97.6 Å². The average Bonchev–Trinajstić information content (AvgIpc) is 2.32. The summed E-state index contributed by atoms with van der Waals surface area (Å²) in [5, 5.41) is 10.0. The summed E-state index contributed by atoms with van der Waals surface area (Å²) in [7, 11) is 0. The molecule has 2 rings (SSSR count). The Kier molecular flexibility index (Phi) is 3.15. The molecule has 1 aromatic carbocycles. The van der Waals surface area contributed by atoms with Crippen LogP contribution < -0.4 is 0 Å². The number of aliphatic hydroxyl groups excluding tert-OH is 1. The molecular formula is C13H11F2NO. The quantitative estimate of drug-likeness (QED) is 0.868. The first-order valence-electron chi connectivity index (χ1n) is 5.13. The van der Waals surface area contributed by atoms with E-state index in [1.54, 1.807) is 19.2 Å². The predicted molar refractivity (Wildman–Crippen MR) is 59.4 cm³/mol. The van der Waals surface area contributed by atoms with Gasteiger partial charge in [0.25, 0.3) is 0 Å². The molecule has 0 aliphatic heterocycles. The van der Waals surface area contributed by atoms with Crippen molar-refractivity contribution in [1.29, 1.82) is 0 Å². The molecule has 2 nitrogen and oxygen atoms in total. The first kappa shape index (κ1) is 11.7. The molecule has 0 spiro atoms. The first-order valence-corrected chi connectivity index (χ1v) is 5.13. The van der Waals surface area contributed by atoms with Crippen molar-refractivity contribution in [1.82, 2.24) is 4.98 Å². The maximum Gasteiger partial charge on any atom is 0.164 e. The normalized spacial score (nSPS) is 12.5. The van der Waals surface area contributed by atoms with Crippen LogP contribution in [0.1, 0.15) is 22.8 Å². The van der Waals surface area contributed by atoms with Crippen LogP contribution in [0, 0.1) is 18.6 Å². The van der Waals surface area contributed by atoms with Gasteiger partial charge < -0.3 is 5.11 Å². The molecule has 4 heteroatoms. The molecule has 1 N–H and O–H groups in total. The maximum absolute atomic E-state index is 13.5. The van der Waals surface area contributed by atoms with Crippen molar-refractivity contribution in [2.75, 3.05) is 0 Å². The molecular weight excluding hydrogens is 224 g/mol. The molecule has 0 aliphatic carbocycles. The van der Waals surface area contributed by atoms with Crippen LogP contribution in [0.25, 0.3) is 0 Å². The number of aliphatic hydroxyl groups is 1. The van der Waals surface area contributed by atoms with E-state index in [2.05, 4.69) is 4.98 Å². The summed E-state index contributed by atoms with van der Waals surface area (Å²) in [6.07, 6.45) is 1.88. The summed E-state index contributed by atoms with van der Waals surface area (Å²) in [4.78, 5) is 3.88. The number of nitrogens with zero attached hydrogens (tertiary/aromatic N) is 1. The third-order valence-electron chi connectivity index (χ3n) is 2.63. The largest absolute Gasteiger partial charge is 0.384 e. The molecule has 2 aromatic rings. The molecule has 1 aromatic heterocycles. The zero-order chi connectivity index (χ0) is 12.4. The molecule has 0 fully saturated rings. The number of hydrogen-bond donors (Lipinski definition) is 1. The summed E-state index contributed by atoms with van der Waals surface area (Å²) in [6.45, 7) is 1.75. The highest BCUT2D eigenvalue weighted by atomic mass is 19.2. The second kappa shape index (κ2) is 4.59. The summed E-state index contributed by atoms with van der Waals surface area (Å²) in [5.41, 5.74) is 1.17. The molecule has 1 atom stereocenters. The van der Waals surface area contributed by atoms with Crippen LogP contribution in [0.5, 0.6) is 0 Å². The number of rotatable bonds is 2. The van der Waals surface area contributed by atoms with E-state index in [4.69, 9.17) is 0 Å². The number of benzene rings is 1. The molecule has 0 amide bonds. The van der Waals surface area contributed by atoms with E-state index in [-0.39, 0.29) is 5.56 Å². The molecule has 1 heterocycles. The third-order valence-corrected chi connectivity index (χ3v) is 2.63. The van der Waals surface area contributed by atoms with Crippen LogP contribution in [-0.4, -0.2) is 10.1 Å². The van der Waals surface area contributed by atoms with Gasteiger partial charge in [-0.1, -0.05) is 12.1 Å². The average molecular weight is 235 g/mol. The van der Waals surface area contributed by atoms with Gasteiger partial charge in [-0.05, 0) is 30.2 Å². The van der Waals surface area contributed by atoms with Gasteiger partial charge in [0.15, 0.2) is 11.6 Å². The first-order chi connectivity index (χ1) is 8.11. The lowest BCUT2D eigenvalue weighted by molar-refractivity contribution is 0.212. The predicted octanol–water partition coefficient (Wildman–Crippen LogP) is 2.75. The smallest absolute Gasteiger partial charge is 0.164 e. The van der Waals surface area contributed by atoms with E-state index in [1.807, 2.05) is 0 Å². The van der Waals surface area contributed by atoms with Gasteiger partial charge in [0.2, 0.25) is 0 Å². The molecule has 0 saturated carbocycles. The summed E-state index contributed by atoms with van der Waals surface area (Å²) >= 11 is 0. The van der Waals surface area contributed by atoms with E-state index < -0.39 is 17.7 Å². The highest BCUT2D eigenvalue weighted by Crippen LogP contribution is 2.26. The lowest BCUT2D eigenvalue weighted by Gasteiger charge is -2.14. The summed E-state index contributed by atoms with van der Waals surface area (Å²) < 4.78 is 26.6. The van der Waals surface area contributed by atoms with E-state index >= 15 is 0 Å². The SMILES string of the molecule is Cc1cnccc1C(O)c1cccc(F)c1F. The number of halogens is 2. The Morgan fingerprint density at radius 2 is 1.94 bits per heavy atom. The zero-order valence-corrected chi connectivity index (χ0v) is 9.19. The van der Waals surface area contributed by atoms with E-state index in [9.17, 15) is 13.9 Å². The zero-order valence-electron chi connectivity index (χ0n) is 9.19. The van der Waals surface area contributed by atoms with Crippen LogP contribution >= 0.6 is 0 Å². The topological polar surface area (TPSA) is 33.1 Å². The third kappa shape index (κ3) is 2.17. The fraction of sp³-hybridized carbons (Fsp3) is 0.154. The lowest BCUT2D eigenvalue weighted by atomic mass is 9.98. The number of aromatic nitrogens is 1. The molecule has 0 aliphatic rings.